The van der Waals surface area contributed by atoms with Crippen LogP contribution in [0.25, 0.3) is 17.4 Å². The van der Waals surface area contributed by atoms with E-state index in [-0.39, 0.29) is 16.7 Å². The Bertz CT molecular complexity index is 1200. The second kappa shape index (κ2) is 8.69. The number of carbonyl (C=O) groups is 2. The molecule has 152 valence electrons. The molecule has 1 fully saturated rings. The van der Waals surface area contributed by atoms with Crippen molar-refractivity contribution in [2.75, 3.05) is 0 Å². The van der Waals surface area contributed by atoms with Gasteiger partial charge in [0.25, 0.3) is 11.1 Å². The van der Waals surface area contributed by atoms with Gasteiger partial charge in [0, 0.05) is 16.7 Å². The van der Waals surface area contributed by atoms with Crippen LogP contribution in [0.3, 0.4) is 0 Å². The second-order valence-electron chi connectivity index (χ2n) is 6.34. The SMILES string of the molecule is O=C1S/C(=C\c2ccc(-c3cc(Cl)ccc3Cl)o2)C(=O)N1Cc1ccc(Cl)c(Cl)c1. The van der Waals surface area contributed by atoms with Gasteiger partial charge in [-0.2, -0.15) is 0 Å². The van der Waals surface area contributed by atoms with Gasteiger partial charge in [0.2, 0.25) is 0 Å². The first-order chi connectivity index (χ1) is 14.3. The normalized spacial score (nSPS) is 15.5. The molecule has 0 radical (unpaired) electrons. The number of carbonyl (C=O) groups excluding carboxylic acids is 2. The fourth-order valence-electron chi connectivity index (χ4n) is 2.85. The zero-order valence-corrected chi connectivity index (χ0v) is 18.8. The van der Waals surface area contributed by atoms with E-state index in [0.717, 1.165) is 16.7 Å². The third-order valence-electron chi connectivity index (χ3n) is 4.29. The van der Waals surface area contributed by atoms with Crippen molar-refractivity contribution in [1.82, 2.24) is 4.90 Å². The minimum Gasteiger partial charge on any atom is -0.457 e. The van der Waals surface area contributed by atoms with E-state index in [4.69, 9.17) is 50.8 Å². The lowest BCUT2D eigenvalue weighted by Crippen LogP contribution is -2.27. The second-order valence-corrected chi connectivity index (χ2v) is 8.99. The van der Waals surface area contributed by atoms with Gasteiger partial charge in [-0.25, -0.2) is 0 Å². The number of thioether (sulfide) groups is 1. The van der Waals surface area contributed by atoms with E-state index >= 15 is 0 Å². The van der Waals surface area contributed by atoms with E-state index in [1.54, 1.807) is 48.5 Å². The summed E-state index contributed by atoms with van der Waals surface area (Å²) >= 11 is 25.0. The number of hydrogen-bond acceptors (Lipinski definition) is 4. The van der Waals surface area contributed by atoms with Crippen LogP contribution in [-0.4, -0.2) is 16.0 Å². The molecule has 2 heterocycles. The van der Waals surface area contributed by atoms with Crippen LogP contribution in [0.4, 0.5) is 4.79 Å². The molecule has 3 aromatic rings. The number of furan rings is 1. The van der Waals surface area contributed by atoms with E-state index in [9.17, 15) is 9.59 Å². The molecular formula is C21H11Cl4NO3S. The summed E-state index contributed by atoms with van der Waals surface area (Å²) in [5.74, 6) is 0.514. The number of amides is 2. The van der Waals surface area contributed by atoms with Crippen LogP contribution < -0.4 is 0 Å². The highest BCUT2D eigenvalue weighted by Gasteiger charge is 2.35. The zero-order valence-electron chi connectivity index (χ0n) is 15.0. The van der Waals surface area contributed by atoms with Gasteiger partial charge in [0.1, 0.15) is 11.5 Å². The molecule has 0 aliphatic carbocycles. The minimum atomic E-state index is -0.408. The summed E-state index contributed by atoms with van der Waals surface area (Å²) in [7, 11) is 0. The Labute approximate surface area is 196 Å². The average molecular weight is 499 g/mol. The highest BCUT2D eigenvalue weighted by Crippen LogP contribution is 2.36. The van der Waals surface area contributed by atoms with E-state index in [0.29, 0.717) is 42.7 Å². The van der Waals surface area contributed by atoms with Crippen molar-refractivity contribution < 1.29 is 14.0 Å². The Balaban J connectivity index is 1.56. The lowest BCUT2D eigenvalue weighted by Gasteiger charge is -2.12. The largest absolute Gasteiger partial charge is 0.457 e. The quantitative estimate of drug-likeness (QED) is 0.344. The van der Waals surface area contributed by atoms with Gasteiger partial charge in [-0.15, -0.1) is 0 Å². The summed E-state index contributed by atoms with van der Waals surface area (Å²) in [6.45, 7) is 0.0976. The van der Waals surface area contributed by atoms with E-state index in [2.05, 4.69) is 0 Å². The van der Waals surface area contributed by atoms with E-state index < -0.39 is 5.91 Å². The molecule has 4 rings (SSSR count). The van der Waals surface area contributed by atoms with Gasteiger partial charge in [-0.05, 0) is 59.8 Å². The Morgan fingerprint density at radius 3 is 2.43 bits per heavy atom. The molecule has 0 spiro atoms. The van der Waals surface area contributed by atoms with Crippen molar-refractivity contribution in [3.05, 3.63) is 84.9 Å². The number of rotatable bonds is 4. The highest BCUT2D eigenvalue weighted by molar-refractivity contribution is 8.18. The number of imide groups is 1. The van der Waals surface area contributed by atoms with Crippen molar-refractivity contribution in [3.63, 3.8) is 0 Å². The molecule has 2 amide bonds. The predicted octanol–water partition coefficient (Wildman–Crippen LogP) is 7.80. The van der Waals surface area contributed by atoms with Gasteiger partial charge in [-0.1, -0.05) is 52.5 Å². The molecule has 2 aromatic carbocycles. The summed E-state index contributed by atoms with van der Waals surface area (Å²) in [4.78, 5) is 26.5. The maximum Gasteiger partial charge on any atom is 0.293 e. The standard InChI is InChI=1S/C21H11Cl4NO3S/c22-12-2-5-15(23)14(8-12)18-6-3-13(29-18)9-19-20(27)26(21(28)30-19)10-11-1-4-16(24)17(25)7-11/h1-9H,10H2/b19-9-. The predicted molar refractivity (Wildman–Crippen MR) is 122 cm³/mol. The lowest BCUT2D eigenvalue weighted by molar-refractivity contribution is -0.123. The van der Waals surface area contributed by atoms with Crippen LogP contribution in [0.2, 0.25) is 20.1 Å². The summed E-state index contributed by atoms with van der Waals surface area (Å²) in [6, 6.07) is 13.4. The fraction of sp³-hybridized carbons (Fsp3) is 0.0476. The van der Waals surface area contributed by atoms with Crippen LogP contribution in [-0.2, 0) is 11.3 Å². The van der Waals surface area contributed by atoms with Gasteiger partial charge < -0.3 is 4.42 Å². The lowest BCUT2D eigenvalue weighted by atomic mass is 10.2. The first kappa shape index (κ1) is 21.3. The third kappa shape index (κ3) is 4.41. The number of hydrogen-bond donors (Lipinski definition) is 0. The fourth-order valence-corrected chi connectivity index (χ4v) is 4.37. The highest BCUT2D eigenvalue weighted by atomic mass is 35.5. The van der Waals surface area contributed by atoms with Gasteiger partial charge in [0.05, 0.1) is 26.5 Å². The summed E-state index contributed by atoms with van der Waals surface area (Å²) in [5.41, 5.74) is 1.33. The molecule has 0 saturated carbocycles. The molecular weight excluding hydrogens is 488 g/mol. The van der Waals surface area contributed by atoms with Crippen molar-refractivity contribution in [3.8, 4) is 11.3 Å². The van der Waals surface area contributed by atoms with Crippen molar-refractivity contribution >= 4 is 75.4 Å². The Morgan fingerprint density at radius 1 is 0.900 bits per heavy atom. The monoisotopic (exact) mass is 497 g/mol. The molecule has 1 aliphatic heterocycles. The summed E-state index contributed by atoms with van der Waals surface area (Å²) in [6.07, 6.45) is 1.53. The Morgan fingerprint density at radius 2 is 1.67 bits per heavy atom. The number of nitrogens with zero attached hydrogens (tertiary/aromatic N) is 1. The van der Waals surface area contributed by atoms with Crippen LogP contribution >= 0.6 is 58.2 Å². The first-order valence-electron chi connectivity index (χ1n) is 8.56. The van der Waals surface area contributed by atoms with Crippen molar-refractivity contribution in [2.45, 2.75) is 6.54 Å². The molecule has 4 nitrogen and oxygen atoms in total. The van der Waals surface area contributed by atoms with Gasteiger partial charge >= 0.3 is 0 Å². The Hall–Kier alpha value is -1.89. The Kier molecular flexibility index (Phi) is 6.19. The molecule has 0 N–H and O–H groups in total. The number of benzene rings is 2. The molecule has 0 atom stereocenters. The minimum absolute atomic E-state index is 0.0976. The molecule has 0 bridgehead atoms. The van der Waals surface area contributed by atoms with Crippen molar-refractivity contribution in [2.24, 2.45) is 0 Å². The third-order valence-corrected chi connectivity index (χ3v) is 6.50. The van der Waals surface area contributed by atoms with E-state index in [1.165, 1.54) is 6.08 Å². The number of halogens is 4. The van der Waals surface area contributed by atoms with Crippen LogP contribution in [0.1, 0.15) is 11.3 Å². The molecule has 1 aromatic heterocycles. The van der Waals surface area contributed by atoms with E-state index in [1.807, 2.05) is 0 Å². The van der Waals surface area contributed by atoms with Crippen LogP contribution in [0.5, 0.6) is 0 Å². The maximum absolute atomic E-state index is 12.7. The summed E-state index contributed by atoms with van der Waals surface area (Å²) < 4.78 is 5.79. The molecule has 1 aliphatic rings. The molecule has 9 heteroatoms. The van der Waals surface area contributed by atoms with Gasteiger partial charge in [0.15, 0.2) is 0 Å². The van der Waals surface area contributed by atoms with Crippen molar-refractivity contribution in [1.29, 1.82) is 0 Å². The molecule has 1 saturated heterocycles. The van der Waals surface area contributed by atoms with Crippen LogP contribution in [0.15, 0.2) is 57.9 Å². The topological polar surface area (TPSA) is 50.5 Å². The zero-order chi connectivity index (χ0) is 21.4. The van der Waals surface area contributed by atoms with Crippen LogP contribution in [0, 0.1) is 0 Å². The maximum atomic E-state index is 12.7. The molecule has 0 unspecified atom stereocenters. The van der Waals surface area contributed by atoms with Gasteiger partial charge in [-0.3, -0.25) is 14.5 Å². The average Bonchev–Trinajstić information content (AvgIpc) is 3.27. The first-order valence-corrected chi connectivity index (χ1v) is 10.9. The molecule has 30 heavy (non-hydrogen) atoms. The summed E-state index contributed by atoms with van der Waals surface area (Å²) in [5, 5.41) is 1.40. The smallest absolute Gasteiger partial charge is 0.293 e.